The number of rotatable bonds is 6. The van der Waals surface area contributed by atoms with Crippen molar-refractivity contribution in [3.05, 3.63) is 35.9 Å². The van der Waals surface area contributed by atoms with Gasteiger partial charge in [0.15, 0.2) is 0 Å². The van der Waals surface area contributed by atoms with E-state index in [1.807, 2.05) is 56.3 Å². The molecule has 0 aliphatic carbocycles. The Labute approximate surface area is 120 Å². The van der Waals surface area contributed by atoms with E-state index in [2.05, 4.69) is 5.32 Å². The van der Waals surface area contributed by atoms with Crippen LogP contribution in [0.2, 0.25) is 0 Å². The number of nitrogens with one attached hydrogen (secondary N) is 1. The first-order chi connectivity index (χ1) is 8.91. The highest BCUT2D eigenvalue weighted by molar-refractivity contribution is 7.80. The van der Waals surface area contributed by atoms with E-state index in [-0.39, 0.29) is 16.9 Å². The first-order valence-electron chi connectivity index (χ1n) is 6.21. The highest BCUT2D eigenvalue weighted by Crippen LogP contribution is 2.16. The molecule has 0 saturated carbocycles. The number of benzene rings is 1. The summed E-state index contributed by atoms with van der Waals surface area (Å²) in [6.07, 6.45) is 0. The molecule has 5 heteroatoms. The molecule has 0 aliphatic rings. The topological polar surface area (TPSA) is 58.4 Å². The Balaban J connectivity index is 2.78. The summed E-state index contributed by atoms with van der Waals surface area (Å²) in [7, 11) is 3.93. The molecule has 104 valence electrons. The first kappa shape index (κ1) is 15.6. The molecule has 4 nitrogen and oxygen atoms in total. The lowest BCUT2D eigenvalue weighted by atomic mass is 9.98. The molecule has 2 unspecified atom stereocenters. The van der Waals surface area contributed by atoms with Gasteiger partial charge in [-0.1, -0.05) is 42.5 Å². The number of nitrogens with two attached hydrogens (primary N) is 1. The molecular weight excluding hydrogens is 258 g/mol. The lowest BCUT2D eigenvalue weighted by molar-refractivity contribution is -0.121. The van der Waals surface area contributed by atoms with Gasteiger partial charge in [-0.25, -0.2) is 0 Å². The lowest BCUT2D eigenvalue weighted by Gasteiger charge is -2.22. The minimum Gasteiger partial charge on any atom is -0.392 e. The van der Waals surface area contributed by atoms with Gasteiger partial charge in [-0.15, -0.1) is 0 Å². The average molecular weight is 279 g/mol. The van der Waals surface area contributed by atoms with Crippen LogP contribution in [0.5, 0.6) is 0 Å². The van der Waals surface area contributed by atoms with E-state index in [0.717, 1.165) is 12.1 Å². The Kier molecular flexibility index (Phi) is 5.92. The van der Waals surface area contributed by atoms with Gasteiger partial charge in [-0.3, -0.25) is 4.79 Å². The van der Waals surface area contributed by atoms with Gasteiger partial charge >= 0.3 is 0 Å². The standard InChI is InChI=1S/C14H21N3OS/c1-10(9-17(2)3)16-14(18)12(13(15)19)11-7-5-4-6-8-11/h4-8,10,12H,9H2,1-3H3,(H2,15,19)(H,16,18). The van der Waals surface area contributed by atoms with E-state index < -0.39 is 5.92 Å². The third-order valence-corrected chi connectivity index (χ3v) is 2.94. The minimum absolute atomic E-state index is 0.0445. The van der Waals surface area contributed by atoms with Crippen LogP contribution in [0.15, 0.2) is 30.3 Å². The third kappa shape index (κ3) is 4.96. The van der Waals surface area contributed by atoms with Gasteiger partial charge < -0.3 is 16.0 Å². The molecule has 2 atom stereocenters. The second-order valence-corrected chi connectivity index (χ2v) is 5.39. The summed E-state index contributed by atoms with van der Waals surface area (Å²) < 4.78 is 0. The number of hydrogen-bond acceptors (Lipinski definition) is 3. The van der Waals surface area contributed by atoms with Crippen molar-refractivity contribution in [1.29, 1.82) is 0 Å². The molecule has 0 bridgehead atoms. The van der Waals surface area contributed by atoms with Gasteiger partial charge in [-0.2, -0.15) is 0 Å². The fourth-order valence-electron chi connectivity index (χ4n) is 2.01. The van der Waals surface area contributed by atoms with Crippen LogP contribution in [0, 0.1) is 0 Å². The second-order valence-electron chi connectivity index (χ2n) is 4.92. The van der Waals surface area contributed by atoms with Gasteiger partial charge in [0.25, 0.3) is 0 Å². The molecule has 0 aromatic heterocycles. The number of amides is 1. The number of hydrogen-bond donors (Lipinski definition) is 2. The molecule has 0 radical (unpaired) electrons. The number of carbonyl (C=O) groups excluding carboxylic acids is 1. The third-order valence-electron chi connectivity index (χ3n) is 2.71. The van der Waals surface area contributed by atoms with Gasteiger partial charge in [0.05, 0.1) is 4.99 Å². The highest BCUT2D eigenvalue weighted by atomic mass is 32.1. The van der Waals surface area contributed by atoms with E-state index in [0.29, 0.717) is 0 Å². The Bertz CT molecular complexity index is 434. The number of nitrogens with zero attached hydrogens (tertiary/aromatic N) is 1. The molecule has 1 aromatic carbocycles. The van der Waals surface area contributed by atoms with E-state index in [1.54, 1.807) is 0 Å². The van der Waals surface area contributed by atoms with Crippen LogP contribution >= 0.6 is 12.2 Å². The van der Waals surface area contributed by atoms with E-state index in [4.69, 9.17) is 18.0 Å². The zero-order valence-electron chi connectivity index (χ0n) is 11.6. The Morgan fingerprint density at radius 2 is 1.95 bits per heavy atom. The van der Waals surface area contributed by atoms with Crippen LogP contribution in [0.25, 0.3) is 0 Å². The Hall–Kier alpha value is -1.46. The molecule has 3 N–H and O–H groups in total. The van der Waals surface area contributed by atoms with Crippen LogP contribution in [-0.2, 0) is 4.79 Å². The van der Waals surface area contributed by atoms with Crippen LogP contribution in [-0.4, -0.2) is 42.5 Å². The maximum atomic E-state index is 12.3. The maximum absolute atomic E-state index is 12.3. The van der Waals surface area contributed by atoms with Gasteiger partial charge in [0, 0.05) is 12.6 Å². The number of likely N-dealkylation sites (N-methyl/N-ethyl adjacent to an activating group) is 1. The zero-order valence-corrected chi connectivity index (χ0v) is 12.4. The molecule has 19 heavy (non-hydrogen) atoms. The SMILES string of the molecule is CC(CN(C)C)NC(=O)C(C(N)=S)c1ccccc1. The van der Waals surface area contributed by atoms with Crippen molar-refractivity contribution in [2.45, 2.75) is 18.9 Å². The summed E-state index contributed by atoms with van der Waals surface area (Å²) >= 11 is 5.02. The van der Waals surface area contributed by atoms with Gasteiger partial charge in [0.2, 0.25) is 5.91 Å². The van der Waals surface area contributed by atoms with Crippen molar-refractivity contribution in [2.24, 2.45) is 5.73 Å². The zero-order chi connectivity index (χ0) is 14.4. The van der Waals surface area contributed by atoms with E-state index in [9.17, 15) is 4.79 Å². The highest BCUT2D eigenvalue weighted by Gasteiger charge is 2.24. The summed E-state index contributed by atoms with van der Waals surface area (Å²) in [4.78, 5) is 14.5. The monoisotopic (exact) mass is 279 g/mol. The van der Waals surface area contributed by atoms with E-state index >= 15 is 0 Å². The molecule has 0 fully saturated rings. The molecule has 1 aromatic rings. The fourth-order valence-corrected chi connectivity index (χ4v) is 2.25. The van der Waals surface area contributed by atoms with Crippen LogP contribution in [0.3, 0.4) is 0 Å². The number of thiocarbonyl (C=S) groups is 1. The van der Waals surface area contributed by atoms with Crippen molar-refractivity contribution in [3.63, 3.8) is 0 Å². The molecule has 0 heterocycles. The summed E-state index contributed by atoms with van der Waals surface area (Å²) in [5.41, 5.74) is 6.53. The average Bonchev–Trinajstić information content (AvgIpc) is 2.28. The van der Waals surface area contributed by atoms with Crippen molar-refractivity contribution >= 4 is 23.1 Å². The predicted molar refractivity (Wildman–Crippen MR) is 82.1 cm³/mol. The fraction of sp³-hybridized carbons (Fsp3) is 0.429. The quantitative estimate of drug-likeness (QED) is 0.766. The van der Waals surface area contributed by atoms with Crippen LogP contribution in [0.4, 0.5) is 0 Å². The predicted octanol–water partition coefficient (Wildman–Crippen LogP) is 1.12. The lowest BCUT2D eigenvalue weighted by Crippen LogP contribution is -2.44. The van der Waals surface area contributed by atoms with Crippen molar-refractivity contribution in [1.82, 2.24) is 10.2 Å². The Morgan fingerprint density at radius 3 is 2.42 bits per heavy atom. The molecular formula is C14H21N3OS. The van der Waals surface area contributed by atoms with Gasteiger partial charge in [-0.05, 0) is 26.6 Å². The summed E-state index contributed by atoms with van der Waals surface area (Å²) in [6.45, 7) is 2.73. The maximum Gasteiger partial charge on any atom is 0.234 e. The Morgan fingerprint density at radius 1 is 1.37 bits per heavy atom. The van der Waals surface area contributed by atoms with Crippen molar-refractivity contribution < 1.29 is 4.79 Å². The second kappa shape index (κ2) is 7.21. The molecule has 0 spiro atoms. The molecule has 1 amide bonds. The number of carbonyl (C=O) groups is 1. The van der Waals surface area contributed by atoms with Crippen LogP contribution in [0.1, 0.15) is 18.4 Å². The smallest absolute Gasteiger partial charge is 0.234 e. The first-order valence-corrected chi connectivity index (χ1v) is 6.62. The molecule has 1 rings (SSSR count). The van der Waals surface area contributed by atoms with Gasteiger partial charge in [0.1, 0.15) is 5.92 Å². The minimum atomic E-state index is -0.569. The molecule has 0 aliphatic heterocycles. The molecule has 0 saturated heterocycles. The summed E-state index contributed by atoms with van der Waals surface area (Å²) in [6, 6.07) is 9.41. The van der Waals surface area contributed by atoms with Crippen LogP contribution < -0.4 is 11.1 Å². The van der Waals surface area contributed by atoms with E-state index in [1.165, 1.54) is 0 Å². The normalized spacial score (nSPS) is 13.9. The summed E-state index contributed by atoms with van der Waals surface area (Å²) in [5.74, 6) is -0.714. The largest absolute Gasteiger partial charge is 0.392 e. The summed E-state index contributed by atoms with van der Waals surface area (Å²) in [5, 5.41) is 2.94. The van der Waals surface area contributed by atoms with Crippen molar-refractivity contribution in [3.8, 4) is 0 Å². The van der Waals surface area contributed by atoms with Crippen molar-refractivity contribution in [2.75, 3.05) is 20.6 Å².